The summed E-state index contributed by atoms with van der Waals surface area (Å²) in [5, 5.41) is 73.5. The Balaban J connectivity index is 1.95. The Bertz CT molecular complexity index is 761. The van der Waals surface area contributed by atoms with E-state index in [1.807, 2.05) is 0 Å². The van der Waals surface area contributed by atoms with E-state index in [0.29, 0.717) is 0 Å². The third kappa shape index (κ3) is 3.76. The van der Waals surface area contributed by atoms with Crippen LogP contribution >= 0.6 is 0 Å². The zero-order valence-electron chi connectivity index (χ0n) is 16.2. The van der Waals surface area contributed by atoms with Crippen molar-refractivity contribution in [3.8, 4) is 5.75 Å². The number of nitro benzene ring substituents is 1. The predicted molar refractivity (Wildman–Crippen MR) is 97.4 cm³/mol. The van der Waals surface area contributed by atoms with E-state index in [2.05, 4.69) is 0 Å². The molecule has 10 atom stereocenters. The number of aliphatic hydroxyl groups is 6. The fourth-order valence-corrected chi connectivity index (χ4v) is 3.68. The number of rotatable bonds is 4. The summed E-state index contributed by atoms with van der Waals surface area (Å²) >= 11 is 0. The molecule has 0 spiro atoms. The van der Waals surface area contributed by atoms with Gasteiger partial charge in [0.2, 0.25) is 6.29 Å². The first-order valence-corrected chi connectivity index (χ1v) is 9.33. The van der Waals surface area contributed by atoms with Gasteiger partial charge in [0.1, 0.15) is 42.4 Å². The average Bonchev–Trinajstić information content (AvgIpc) is 2.72. The van der Waals surface area contributed by atoms with E-state index in [1.165, 1.54) is 26.0 Å². The highest BCUT2D eigenvalue weighted by atomic mass is 16.7. The van der Waals surface area contributed by atoms with Crippen molar-refractivity contribution in [3.63, 3.8) is 0 Å². The Morgan fingerprint density at radius 2 is 1.50 bits per heavy atom. The van der Waals surface area contributed by atoms with E-state index < -0.39 is 65.6 Å². The maximum absolute atomic E-state index is 11.4. The summed E-state index contributed by atoms with van der Waals surface area (Å²) < 4.78 is 16.6. The van der Waals surface area contributed by atoms with Gasteiger partial charge in [-0.05, 0) is 26.0 Å². The second-order valence-corrected chi connectivity index (χ2v) is 7.60. The second-order valence-electron chi connectivity index (χ2n) is 7.60. The largest absolute Gasteiger partial charge is 0.462 e. The van der Waals surface area contributed by atoms with Crippen LogP contribution in [0.2, 0.25) is 0 Å². The van der Waals surface area contributed by atoms with Crippen LogP contribution in [0.3, 0.4) is 0 Å². The van der Waals surface area contributed by atoms with Gasteiger partial charge in [-0.15, -0.1) is 0 Å². The Labute approximate surface area is 171 Å². The van der Waals surface area contributed by atoms with Crippen LogP contribution in [0.5, 0.6) is 5.75 Å². The normalized spacial score (nSPS) is 44.5. The first kappa shape index (κ1) is 22.8. The molecule has 2 aliphatic rings. The minimum Gasteiger partial charge on any atom is -0.462 e. The van der Waals surface area contributed by atoms with Crippen LogP contribution < -0.4 is 4.74 Å². The lowest BCUT2D eigenvalue weighted by Crippen LogP contribution is -2.76. The van der Waals surface area contributed by atoms with Crippen molar-refractivity contribution in [2.75, 3.05) is 0 Å². The number of non-ortho nitro benzene ring substituents is 1. The number of nitro groups is 1. The first-order valence-electron chi connectivity index (χ1n) is 9.33. The monoisotopic (exact) mass is 431 g/mol. The Kier molecular flexibility index (Phi) is 6.32. The molecule has 1 aromatic carbocycles. The van der Waals surface area contributed by atoms with Gasteiger partial charge in [0.25, 0.3) is 5.69 Å². The van der Waals surface area contributed by atoms with Gasteiger partial charge < -0.3 is 44.8 Å². The topological polar surface area (TPSA) is 192 Å². The van der Waals surface area contributed by atoms with Crippen LogP contribution in [0.25, 0.3) is 0 Å². The minimum atomic E-state index is -2.58. The summed E-state index contributed by atoms with van der Waals surface area (Å²) in [4.78, 5) is 10.2. The van der Waals surface area contributed by atoms with Gasteiger partial charge >= 0.3 is 0 Å². The molecule has 0 amide bonds. The minimum absolute atomic E-state index is 0.0266. The number of hydrogen-bond donors (Lipinski definition) is 6. The van der Waals surface area contributed by atoms with E-state index in [4.69, 9.17) is 14.2 Å². The summed E-state index contributed by atoms with van der Waals surface area (Å²) in [7, 11) is 0. The summed E-state index contributed by atoms with van der Waals surface area (Å²) in [5.41, 5.74) is -2.79. The number of benzene rings is 1. The highest BCUT2D eigenvalue weighted by molar-refractivity contribution is 5.36. The van der Waals surface area contributed by atoms with Crippen LogP contribution in [0.15, 0.2) is 24.3 Å². The molecule has 1 aromatic rings. The molecule has 168 valence electrons. The van der Waals surface area contributed by atoms with Gasteiger partial charge in [-0.25, -0.2) is 0 Å². The fourth-order valence-electron chi connectivity index (χ4n) is 3.68. The quantitative estimate of drug-likeness (QED) is 0.229. The van der Waals surface area contributed by atoms with Crippen molar-refractivity contribution in [1.29, 1.82) is 0 Å². The highest BCUT2D eigenvalue weighted by Crippen LogP contribution is 2.40. The van der Waals surface area contributed by atoms with E-state index in [-0.39, 0.29) is 11.4 Å². The molecule has 12 heteroatoms. The average molecular weight is 431 g/mol. The first-order chi connectivity index (χ1) is 14.0. The van der Waals surface area contributed by atoms with Gasteiger partial charge in [0.05, 0.1) is 17.1 Å². The molecule has 2 fully saturated rings. The van der Waals surface area contributed by atoms with Crippen LogP contribution in [0, 0.1) is 10.1 Å². The molecule has 0 aliphatic carbocycles. The lowest BCUT2D eigenvalue weighted by Gasteiger charge is -2.53. The fraction of sp³-hybridized carbons (Fsp3) is 0.667. The standard InChI is InChI=1S/C18H25NO11/c1-7-11(20)13(22)14(23)16(28-7)18(25)15(24)12(21)8(2)29-17(18)30-10-5-3-9(4-6-10)19(26)27/h3-8,11-17,20-25H,1-2H3/t7-,8-,11+,12+,13+,14-,15+,16?,17?,18+/m1/s1. The van der Waals surface area contributed by atoms with Gasteiger partial charge in [-0.1, -0.05) is 0 Å². The van der Waals surface area contributed by atoms with Crippen LogP contribution in [0.1, 0.15) is 13.8 Å². The second kappa shape index (κ2) is 8.32. The molecular weight excluding hydrogens is 406 g/mol. The molecule has 0 saturated carbocycles. The third-order valence-corrected chi connectivity index (χ3v) is 5.59. The smallest absolute Gasteiger partial charge is 0.269 e. The number of hydrogen-bond acceptors (Lipinski definition) is 11. The third-order valence-electron chi connectivity index (χ3n) is 5.59. The Hall–Kier alpha value is -1.90. The Morgan fingerprint density at radius 1 is 0.933 bits per heavy atom. The van der Waals surface area contributed by atoms with Crippen molar-refractivity contribution in [3.05, 3.63) is 34.4 Å². The zero-order valence-corrected chi connectivity index (χ0v) is 16.2. The van der Waals surface area contributed by atoms with E-state index in [9.17, 15) is 40.8 Å². The molecule has 0 radical (unpaired) electrons. The molecular formula is C18H25NO11. The Morgan fingerprint density at radius 3 is 2.07 bits per heavy atom. The van der Waals surface area contributed by atoms with Gasteiger partial charge in [0, 0.05) is 12.1 Å². The van der Waals surface area contributed by atoms with Crippen molar-refractivity contribution < 1.29 is 49.8 Å². The van der Waals surface area contributed by atoms with Crippen molar-refractivity contribution >= 4 is 5.69 Å². The molecule has 12 nitrogen and oxygen atoms in total. The van der Waals surface area contributed by atoms with Gasteiger partial charge in [0.15, 0.2) is 5.60 Å². The number of ether oxygens (including phenoxy) is 3. The van der Waals surface area contributed by atoms with Crippen LogP contribution in [-0.4, -0.2) is 96.3 Å². The SMILES string of the molecule is C[C@H]1OC([C@]2(O)C(Oc3ccc([N+](=O)[O-])cc3)O[C@H](C)[C@H](O)[C@@H]2O)[C@H](O)[C@@H](O)[C@H]1O. The molecule has 0 aromatic heterocycles. The van der Waals surface area contributed by atoms with E-state index >= 15 is 0 Å². The number of nitrogens with zero attached hydrogens (tertiary/aromatic N) is 1. The number of aliphatic hydroxyl groups excluding tert-OH is 5. The van der Waals surface area contributed by atoms with Crippen LogP contribution in [0.4, 0.5) is 5.69 Å². The van der Waals surface area contributed by atoms with Crippen LogP contribution in [-0.2, 0) is 9.47 Å². The maximum Gasteiger partial charge on any atom is 0.269 e. The molecule has 30 heavy (non-hydrogen) atoms. The summed E-state index contributed by atoms with van der Waals surface area (Å²) in [6.07, 6.45) is -14.0. The van der Waals surface area contributed by atoms with E-state index in [1.54, 1.807) is 0 Å². The molecule has 6 N–H and O–H groups in total. The lowest BCUT2D eigenvalue weighted by atomic mass is 9.77. The maximum atomic E-state index is 11.4. The lowest BCUT2D eigenvalue weighted by molar-refractivity contribution is -0.385. The summed E-state index contributed by atoms with van der Waals surface area (Å²) in [6, 6.07) is 4.78. The summed E-state index contributed by atoms with van der Waals surface area (Å²) in [6.45, 7) is 2.80. The van der Waals surface area contributed by atoms with Gasteiger partial charge in [-0.3, -0.25) is 10.1 Å². The summed E-state index contributed by atoms with van der Waals surface area (Å²) in [5.74, 6) is 0.0266. The molecule has 0 bridgehead atoms. The zero-order chi connectivity index (χ0) is 22.4. The molecule has 2 heterocycles. The molecule has 2 aliphatic heterocycles. The predicted octanol–water partition coefficient (Wildman–Crippen LogP) is -1.96. The molecule has 2 unspecified atom stereocenters. The highest BCUT2D eigenvalue weighted by Gasteiger charge is 2.64. The molecule has 2 saturated heterocycles. The van der Waals surface area contributed by atoms with Gasteiger partial charge in [-0.2, -0.15) is 0 Å². The van der Waals surface area contributed by atoms with E-state index in [0.717, 1.165) is 12.1 Å². The van der Waals surface area contributed by atoms with Crippen molar-refractivity contribution in [2.45, 2.75) is 74.6 Å². The van der Waals surface area contributed by atoms with Crippen molar-refractivity contribution in [1.82, 2.24) is 0 Å². The molecule has 3 rings (SSSR count). The van der Waals surface area contributed by atoms with Crippen molar-refractivity contribution in [2.24, 2.45) is 0 Å².